The zero-order valence-electron chi connectivity index (χ0n) is 5.78. The van der Waals surface area contributed by atoms with Crippen LogP contribution in [0.4, 0.5) is 5.88 Å². The number of nitrogens with two attached hydrogens (primary N) is 1. The van der Waals surface area contributed by atoms with Crippen molar-refractivity contribution in [3.05, 3.63) is 6.20 Å². The SMILES string of the molecule is CN(C)[n+]1cc(N)on1.[Cl-]. The second-order valence-corrected chi connectivity index (χ2v) is 1.87. The molecule has 0 saturated heterocycles. The molecule has 1 heterocycles. The van der Waals surface area contributed by atoms with E-state index in [-0.39, 0.29) is 12.4 Å². The van der Waals surface area contributed by atoms with Crippen molar-refractivity contribution in [2.75, 3.05) is 24.8 Å². The Balaban J connectivity index is 0.000000810. The molecule has 0 aromatic carbocycles. The minimum atomic E-state index is 0. The van der Waals surface area contributed by atoms with E-state index in [1.165, 1.54) is 4.79 Å². The highest BCUT2D eigenvalue weighted by atomic mass is 35.5. The van der Waals surface area contributed by atoms with Crippen molar-refractivity contribution in [3.63, 3.8) is 0 Å². The van der Waals surface area contributed by atoms with Crippen molar-refractivity contribution in [1.82, 2.24) is 5.27 Å². The summed E-state index contributed by atoms with van der Waals surface area (Å²) < 4.78 is 4.57. The summed E-state index contributed by atoms with van der Waals surface area (Å²) in [6.45, 7) is 0. The first-order chi connectivity index (χ1) is 4.20. The third-order valence-corrected chi connectivity index (χ3v) is 0.882. The third kappa shape index (κ3) is 1.77. The van der Waals surface area contributed by atoms with Gasteiger partial charge in [0.05, 0.1) is 18.9 Å². The molecule has 0 aliphatic heterocycles. The maximum atomic E-state index is 5.24. The van der Waals surface area contributed by atoms with Gasteiger partial charge in [-0.1, -0.05) is 0 Å². The Morgan fingerprint density at radius 3 is 2.50 bits per heavy atom. The van der Waals surface area contributed by atoms with E-state index in [9.17, 15) is 0 Å². The predicted molar refractivity (Wildman–Crippen MR) is 31.2 cm³/mol. The molecule has 5 nitrogen and oxygen atoms in total. The Morgan fingerprint density at radius 1 is 1.70 bits per heavy atom. The lowest BCUT2D eigenvalue weighted by Gasteiger charge is -1.93. The van der Waals surface area contributed by atoms with Gasteiger partial charge in [-0.05, 0) is 0 Å². The van der Waals surface area contributed by atoms with Gasteiger partial charge in [0.1, 0.15) is 0 Å². The molecular formula is C4H9ClN4O. The van der Waals surface area contributed by atoms with Crippen LogP contribution >= 0.6 is 0 Å². The quantitative estimate of drug-likeness (QED) is 0.427. The average molecular weight is 165 g/mol. The van der Waals surface area contributed by atoms with E-state index in [4.69, 9.17) is 5.73 Å². The number of hydrogen-bond donors (Lipinski definition) is 1. The summed E-state index contributed by atoms with van der Waals surface area (Å²) in [4.78, 5) is 1.50. The minimum absolute atomic E-state index is 0. The number of aromatic nitrogens is 2. The molecule has 0 bridgehead atoms. The van der Waals surface area contributed by atoms with Crippen LogP contribution in [0.2, 0.25) is 0 Å². The minimum Gasteiger partial charge on any atom is -1.00 e. The molecule has 1 rings (SSSR count). The van der Waals surface area contributed by atoms with Crippen LogP contribution in [0.1, 0.15) is 0 Å². The fraction of sp³-hybridized carbons (Fsp3) is 0.500. The number of nitrogen functional groups attached to an aromatic ring is 1. The molecule has 0 aliphatic rings. The van der Waals surface area contributed by atoms with Crippen LogP contribution in [0, 0.1) is 0 Å². The molecule has 0 spiro atoms. The Morgan fingerprint density at radius 2 is 2.30 bits per heavy atom. The first-order valence-corrected chi connectivity index (χ1v) is 2.52. The molecular weight excluding hydrogens is 156 g/mol. The lowest BCUT2D eigenvalue weighted by atomic mass is 10.8. The van der Waals surface area contributed by atoms with E-state index in [0.717, 1.165) is 0 Å². The van der Waals surface area contributed by atoms with E-state index in [0.29, 0.717) is 5.88 Å². The van der Waals surface area contributed by atoms with Gasteiger partial charge in [-0.25, -0.2) is 0 Å². The number of hydrogen-bond acceptors (Lipinski definition) is 4. The molecule has 0 aliphatic carbocycles. The number of anilines is 1. The molecule has 0 fully saturated rings. The zero-order chi connectivity index (χ0) is 6.85. The maximum Gasteiger partial charge on any atom is 0.296 e. The molecule has 0 atom stereocenters. The van der Waals surface area contributed by atoms with E-state index < -0.39 is 0 Å². The van der Waals surface area contributed by atoms with Crippen LogP contribution in [0.25, 0.3) is 0 Å². The van der Waals surface area contributed by atoms with Crippen molar-refractivity contribution in [1.29, 1.82) is 0 Å². The van der Waals surface area contributed by atoms with Crippen molar-refractivity contribution in [3.8, 4) is 0 Å². The molecule has 0 saturated carbocycles. The first-order valence-electron chi connectivity index (χ1n) is 2.52. The summed E-state index contributed by atoms with van der Waals surface area (Å²) in [5.41, 5.74) is 5.24. The smallest absolute Gasteiger partial charge is 0.296 e. The third-order valence-electron chi connectivity index (χ3n) is 0.882. The number of rotatable bonds is 1. The summed E-state index contributed by atoms with van der Waals surface area (Å²) in [5, 5.41) is 5.29. The Kier molecular flexibility index (Phi) is 2.95. The van der Waals surface area contributed by atoms with Gasteiger partial charge in [0.15, 0.2) is 0 Å². The van der Waals surface area contributed by atoms with Crippen LogP contribution in [-0.4, -0.2) is 19.4 Å². The van der Waals surface area contributed by atoms with Gasteiger partial charge < -0.3 is 18.1 Å². The van der Waals surface area contributed by atoms with E-state index in [1.54, 1.807) is 11.2 Å². The molecule has 1 aromatic rings. The standard InChI is InChI=1S/C4H9N4O.ClH/c1-7(2)8-3-4(5)9-6-8;/h3H,5H2,1-2H3;1H/q+1;/p-1. The predicted octanol–water partition coefficient (Wildman–Crippen LogP) is -4.25. The monoisotopic (exact) mass is 164 g/mol. The van der Waals surface area contributed by atoms with Crippen molar-refractivity contribution in [2.45, 2.75) is 0 Å². The van der Waals surface area contributed by atoms with Gasteiger partial charge in [-0.2, -0.15) is 5.01 Å². The highest BCUT2D eigenvalue weighted by Gasteiger charge is 2.08. The van der Waals surface area contributed by atoms with Crippen molar-refractivity contribution in [2.24, 2.45) is 0 Å². The largest absolute Gasteiger partial charge is 1.00 e. The average Bonchev–Trinajstić information content (AvgIpc) is 2.14. The van der Waals surface area contributed by atoms with Crippen LogP contribution < -0.4 is 27.9 Å². The molecule has 0 amide bonds. The Labute approximate surface area is 64.7 Å². The van der Waals surface area contributed by atoms with Gasteiger partial charge >= 0.3 is 0 Å². The summed E-state index contributed by atoms with van der Waals surface area (Å²) in [5.74, 6) is 0.309. The van der Waals surface area contributed by atoms with E-state index in [1.807, 2.05) is 14.1 Å². The van der Waals surface area contributed by atoms with E-state index >= 15 is 0 Å². The molecule has 10 heavy (non-hydrogen) atoms. The molecule has 1 aromatic heterocycles. The highest BCUT2D eigenvalue weighted by Crippen LogP contribution is 1.88. The maximum absolute atomic E-state index is 5.24. The lowest BCUT2D eigenvalue weighted by Crippen LogP contribution is -3.00. The van der Waals surface area contributed by atoms with Gasteiger partial charge in [0.25, 0.3) is 12.1 Å². The van der Waals surface area contributed by atoms with Gasteiger partial charge in [-0.15, -0.1) is 0 Å². The van der Waals surface area contributed by atoms with Crippen LogP contribution in [0.5, 0.6) is 0 Å². The van der Waals surface area contributed by atoms with Gasteiger partial charge in [-0.3, -0.25) is 4.52 Å². The Hall–Kier alpha value is -0.970. The van der Waals surface area contributed by atoms with Crippen LogP contribution in [-0.2, 0) is 0 Å². The molecule has 0 radical (unpaired) electrons. The van der Waals surface area contributed by atoms with Crippen molar-refractivity contribution >= 4 is 5.88 Å². The summed E-state index contributed by atoms with van der Waals surface area (Å²) in [6, 6.07) is 0. The lowest BCUT2D eigenvalue weighted by molar-refractivity contribution is -0.753. The second-order valence-electron chi connectivity index (χ2n) is 1.87. The fourth-order valence-electron chi connectivity index (χ4n) is 0.438. The molecule has 0 unspecified atom stereocenters. The normalized spacial score (nSPS) is 8.60. The van der Waals surface area contributed by atoms with Crippen LogP contribution in [0.3, 0.4) is 0 Å². The summed E-state index contributed by atoms with van der Waals surface area (Å²) in [7, 11) is 3.67. The second kappa shape index (κ2) is 3.26. The zero-order valence-corrected chi connectivity index (χ0v) is 6.54. The van der Waals surface area contributed by atoms with Crippen LogP contribution in [0.15, 0.2) is 10.7 Å². The highest BCUT2D eigenvalue weighted by molar-refractivity contribution is 5.11. The molecule has 58 valence electrons. The van der Waals surface area contributed by atoms with Gasteiger partial charge in [0, 0.05) is 0 Å². The molecule has 2 N–H and O–H groups in total. The molecule has 6 heteroatoms. The van der Waals surface area contributed by atoms with Crippen molar-refractivity contribution < 1.29 is 21.7 Å². The number of halogens is 1. The topological polar surface area (TPSA) is 59.2 Å². The Bertz CT molecular complexity index is 199. The summed E-state index contributed by atoms with van der Waals surface area (Å²) in [6.07, 6.45) is 1.58. The first kappa shape index (κ1) is 9.03. The summed E-state index contributed by atoms with van der Waals surface area (Å²) >= 11 is 0. The fourth-order valence-corrected chi connectivity index (χ4v) is 0.438. The number of nitrogens with zero attached hydrogens (tertiary/aromatic N) is 3. The van der Waals surface area contributed by atoms with E-state index in [2.05, 4.69) is 9.79 Å². The van der Waals surface area contributed by atoms with Gasteiger partial charge in [0.2, 0.25) is 5.27 Å².